The van der Waals surface area contributed by atoms with E-state index < -0.39 is 11.4 Å². The van der Waals surface area contributed by atoms with E-state index in [-0.39, 0.29) is 18.2 Å². The van der Waals surface area contributed by atoms with Crippen LogP contribution in [0.4, 0.5) is 0 Å². The minimum Gasteiger partial charge on any atom is -0.493 e. The van der Waals surface area contributed by atoms with Crippen molar-refractivity contribution in [1.82, 2.24) is 4.90 Å². The topological polar surface area (TPSA) is 85.3 Å². The fourth-order valence-corrected chi connectivity index (χ4v) is 3.45. The van der Waals surface area contributed by atoms with Gasteiger partial charge in [0.2, 0.25) is 5.75 Å². The number of carbonyl (C=O) groups excluding carboxylic acids is 1. The van der Waals surface area contributed by atoms with Gasteiger partial charge in [0.1, 0.15) is 0 Å². The number of piperidine rings is 1. The summed E-state index contributed by atoms with van der Waals surface area (Å²) in [7, 11) is 4.42. The lowest BCUT2D eigenvalue weighted by molar-refractivity contribution is -0.151. The highest BCUT2D eigenvalue weighted by Crippen LogP contribution is 2.41. The van der Waals surface area contributed by atoms with Crippen LogP contribution in [0, 0.1) is 5.41 Å². The number of carboxylic acids is 1. The maximum absolute atomic E-state index is 13.1. The normalized spacial score (nSPS) is 19.6. The maximum atomic E-state index is 13.1. The summed E-state index contributed by atoms with van der Waals surface area (Å²) in [4.78, 5) is 26.5. The monoisotopic (exact) mass is 363 g/mol. The molecule has 1 aliphatic rings. The molecule has 0 aliphatic carbocycles. The molecule has 1 atom stereocenters. The lowest BCUT2D eigenvalue weighted by Crippen LogP contribution is -2.49. The number of methoxy groups -OCH3 is 3. The Balaban J connectivity index is 2.39. The Labute approximate surface area is 153 Å². The fourth-order valence-electron chi connectivity index (χ4n) is 3.45. The van der Waals surface area contributed by atoms with Crippen LogP contribution in [0.25, 0.3) is 0 Å². The predicted octanol–water partition coefficient (Wildman–Crippen LogP) is 2.60. The quantitative estimate of drug-likeness (QED) is 0.750. The Morgan fingerprint density at radius 2 is 1.92 bits per heavy atom. The number of ether oxygens (including phenoxy) is 3. The van der Waals surface area contributed by atoms with Gasteiger partial charge in [-0.1, -0.05) is 6.08 Å². The molecule has 1 N–H and O–H groups in total. The number of likely N-dealkylation sites (tertiary alicyclic amines) is 1. The standard InChI is InChI=1S/C19H25NO6/c1-5-9-19(18(22)23)10-6-11-20(12-19)17(21)13-7-8-14(24-2)16(26-4)15(13)25-3/h5,7-8H,1,6,9-12H2,2-4H3,(H,22,23)/t19-/m0/s1. The zero-order valence-corrected chi connectivity index (χ0v) is 15.4. The largest absolute Gasteiger partial charge is 0.493 e. The lowest BCUT2D eigenvalue weighted by Gasteiger charge is -2.39. The lowest BCUT2D eigenvalue weighted by atomic mass is 9.77. The first-order valence-corrected chi connectivity index (χ1v) is 8.36. The summed E-state index contributed by atoms with van der Waals surface area (Å²) in [5, 5.41) is 9.69. The van der Waals surface area contributed by atoms with Crippen LogP contribution in [-0.2, 0) is 4.79 Å². The Hall–Kier alpha value is -2.70. The number of nitrogens with zero attached hydrogens (tertiary/aromatic N) is 1. The van der Waals surface area contributed by atoms with E-state index in [9.17, 15) is 14.7 Å². The van der Waals surface area contributed by atoms with E-state index in [1.807, 2.05) is 0 Å². The van der Waals surface area contributed by atoms with E-state index in [1.54, 1.807) is 23.1 Å². The van der Waals surface area contributed by atoms with Gasteiger partial charge in [-0.3, -0.25) is 9.59 Å². The molecule has 0 spiro atoms. The number of aliphatic carboxylic acids is 1. The van der Waals surface area contributed by atoms with Crippen LogP contribution in [0.1, 0.15) is 29.6 Å². The summed E-state index contributed by atoms with van der Waals surface area (Å²) in [6.07, 6.45) is 3.04. The van der Waals surface area contributed by atoms with Gasteiger partial charge in [-0.05, 0) is 31.4 Å². The molecule has 2 rings (SSSR count). The Morgan fingerprint density at radius 3 is 2.46 bits per heavy atom. The van der Waals surface area contributed by atoms with Gasteiger partial charge in [0, 0.05) is 13.1 Å². The van der Waals surface area contributed by atoms with Gasteiger partial charge in [-0.25, -0.2) is 0 Å². The molecule has 7 nitrogen and oxygen atoms in total. The summed E-state index contributed by atoms with van der Waals surface area (Å²) < 4.78 is 15.9. The summed E-state index contributed by atoms with van der Waals surface area (Å²) in [5.74, 6) is -0.155. The first-order valence-electron chi connectivity index (χ1n) is 8.36. The number of carbonyl (C=O) groups is 2. The smallest absolute Gasteiger partial charge is 0.311 e. The molecule has 1 aliphatic heterocycles. The number of allylic oxidation sites excluding steroid dienone is 1. The molecule has 142 valence electrons. The number of carboxylic acid groups (broad SMARTS) is 1. The molecule has 1 amide bonds. The molecule has 0 saturated carbocycles. The average Bonchev–Trinajstić information content (AvgIpc) is 2.66. The Bertz CT molecular complexity index is 702. The highest BCUT2D eigenvalue weighted by molar-refractivity contribution is 5.98. The van der Waals surface area contributed by atoms with Crippen molar-refractivity contribution >= 4 is 11.9 Å². The van der Waals surface area contributed by atoms with Crippen LogP contribution >= 0.6 is 0 Å². The number of amides is 1. The summed E-state index contributed by atoms with van der Waals surface area (Å²) in [5.41, 5.74) is -0.690. The van der Waals surface area contributed by atoms with Crippen molar-refractivity contribution in [2.24, 2.45) is 5.41 Å². The van der Waals surface area contributed by atoms with Crippen LogP contribution in [0.15, 0.2) is 24.8 Å². The Morgan fingerprint density at radius 1 is 1.23 bits per heavy atom. The van der Waals surface area contributed by atoms with Gasteiger partial charge >= 0.3 is 5.97 Å². The number of benzene rings is 1. The van der Waals surface area contributed by atoms with Gasteiger partial charge in [0.25, 0.3) is 5.91 Å². The summed E-state index contributed by atoms with van der Waals surface area (Å²) in [6.45, 7) is 4.28. The van der Waals surface area contributed by atoms with Gasteiger partial charge in [0.05, 0.1) is 32.3 Å². The van der Waals surface area contributed by atoms with E-state index >= 15 is 0 Å². The molecular formula is C19H25NO6. The van der Waals surface area contributed by atoms with E-state index in [4.69, 9.17) is 14.2 Å². The van der Waals surface area contributed by atoms with Crippen molar-refractivity contribution in [1.29, 1.82) is 0 Å². The zero-order chi connectivity index (χ0) is 19.3. The molecule has 1 heterocycles. The molecule has 1 aromatic carbocycles. The van der Waals surface area contributed by atoms with Crippen molar-refractivity contribution in [2.75, 3.05) is 34.4 Å². The predicted molar refractivity (Wildman–Crippen MR) is 96.1 cm³/mol. The van der Waals surface area contributed by atoms with Gasteiger partial charge in [0.15, 0.2) is 11.5 Å². The van der Waals surface area contributed by atoms with Gasteiger partial charge < -0.3 is 24.2 Å². The van der Waals surface area contributed by atoms with Crippen LogP contribution in [0.3, 0.4) is 0 Å². The average molecular weight is 363 g/mol. The van der Waals surface area contributed by atoms with Gasteiger partial charge in [-0.2, -0.15) is 0 Å². The highest BCUT2D eigenvalue weighted by Gasteiger charge is 2.43. The van der Waals surface area contributed by atoms with Crippen molar-refractivity contribution in [2.45, 2.75) is 19.3 Å². The second-order valence-corrected chi connectivity index (χ2v) is 6.29. The minimum atomic E-state index is -1.00. The highest BCUT2D eigenvalue weighted by atomic mass is 16.5. The zero-order valence-electron chi connectivity index (χ0n) is 15.4. The maximum Gasteiger partial charge on any atom is 0.311 e. The molecular weight excluding hydrogens is 338 g/mol. The molecule has 1 fully saturated rings. The van der Waals surface area contributed by atoms with Crippen LogP contribution in [-0.4, -0.2) is 56.3 Å². The molecule has 0 radical (unpaired) electrons. The second-order valence-electron chi connectivity index (χ2n) is 6.29. The third-order valence-corrected chi connectivity index (χ3v) is 4.79. The summed E-state index contributed by atoms with van der Waals surface area (Å²) in [6, 6.07) is 3.24. The van der Waals surface area contributed by atoms with E-state index in [2.05, 4.69) is 6.58 Å². The first kappa shape index (κ1) is 19.6. The van der Waals surface area contributed by atoms with Crippen molar-refractivity contribution < 1.29 is 28.9 Å². The first-order chi connectivity index (χ1) is 12.4. The molecule has 26 heavy (non-hydrogen) atoms. The van der Waals surface area contributed by atoms with Crippen molar-refractivity contribution in [3.8, 4) is 17.2 Å². The van der Waals surface area contributed by atoms with Gasteiger partial charge in [-0.15, -0.1) is 6.58 Å². The third kappa shape index (κ3) is 3.47. The Kier molecular flexibility index (Phi) is 6.13. The number of hydrogen-bond acceptors (Lipinski definition) is 5. The molecule has 0 aromatic heterocycles. The minimum absolute atomic E-state index is 0.130. The fraction of sp³-hybridized carbons (Fsp3) is 0.474. The SMILES string of the molecule is C=CC[C@]1(C(=O)O)CCCN(C(=O)c2ccc(OC)c(OC)c2OC)C1. The molecule has 0 unspecified atom stereocenters. The molecule has 0 bridgehead atoms. The van der Waals surface area contributed by atoms with Crippen molar-refractivity contribution in [3.63, 3.8) is 0 Å². The third-order valence-electron chi connectivity index (χ3n) is 4.79. The molecule has 7 heteroatoms. The van der Waals surface area contributed by atoms with Crippen LogP contribution in [0.2, 0.25) is 0 Å². The van der Waals surface area contributed by atoms with Crippen molar-refractivity contribution in [3.05, 3.63) is 30.4 Å². The molecule has 1 aromatic rings. The number of hydrogen-bond donors (Lipinski definition) is 1. The second kappa shape index (κ2) is 8.12. The van der Waals surface area contributed by atoms with E-state index in [1.165, 1.54) is 21.3 Å². The van der Waals surface area contributed by atoms with E-state index in [0.29, 0.717) is 42.9 Å². The summed E-state index contributed by atoms with van der Waals surface area (Å²) >= 11 is 0. The number of rotatable bonds is 7. The molecule has 1 saturated heterocycles. The van der Waals surface area contributed by atoms with Crippen LogP contribution in [0.5, 0.6) is 17.2 Å². The van der Waals surface area contributed by atoms with Crippen LogP contribution < -0.4 is 14.2 Å². The van der Waals surface area contributed by atoms with E-state index in [0.717, 1.165) is 0 Å².